The predicted octanol–water partition coefficient (Wildman–Crippen LogP) is 1.50. The van der Waals surface area contributed by atoms with Gasteiger partial charge in [0.1, 0.15) is 0 Å². The van der Waals surface area contributed by atoms with Crippen molar-refractivity contribution in [3.05, 3.63) is 0 Å². The van der Waals surface area contributed by atoms with Crippen LogP contribution >= 0.6 is 0 Å². The van der Waals surface area contributed by atoms with Crippen molar-refractivity contribution in [3.63, 3.8) is 0 Å². The van der Waals surface area contributed by atoms with Crippen LogP contribution in [0.2, 0.25) is 0 Å². The Morgan fingerprint density at radius 1 is 1.33 bits per heavy atom. The maximum Gasteiger partial charge on any atom is 0.0107 e. The SMILES string of the molecule is CCCNC1CCCCC1CN. The molecule has 3 N–H and O–H groups in total. The fourth-order valence-corrected chi connectivity index (χ4v) is 2.09. The van der Waals surface area contributed by atoms with Crippen molar-refractivity contribution in [2.24, 2.45) is 11.7 Å². The zero-order valence-corrected chi connectivity index (χ0v) is 8.18. The maximum absolute atomic E-state index is 5.73. The first-order chi connectivity index (χ1) is 5.88. The van der Waals surface area contributed by atoms with Crippen LogP contribution in [-0.2, 0) is 0 Å². The molecule has 0 radical (unpaired) electrons. The molecule has 0 aromatic carbocycles. The molecule has 1 aliphatic rings. The standard InChI is InChI=1S/C10H22N2/c1-2-7-12-10-6-4-3-5-9(10)8-11/h9-10,12H,2-8,11H2,1H3. The normalized spacial score (nSPS) is 30.5. The van der Waals surface area contributed by atoms with Crippen LogP contribution in [0.25, 0.3) is 0 Å². The quantitative estimate of drug-likeness (QED) is 0.671. The van der Waals surface area contributed by atoms with Crippen molar-refractivity contribution < 1.29 is 0 Å². The highest BCUT2D eigenvalue weighted by atomic mass is 14.9. The smallest absolute Gasteiger partial charge is 0.0107 e. The monoisotopic (exact) mass is 170 g/mol. The molecular formula is C10H22N2. The minimum atomic E-state index is 0.712. The van der Waals surface area contributed by atoms with Crippen LogP contribution in [0.4, 0.5) is 0 Å². The fourth-order valence-electron chi connectivity index (χ4n) is 2.09. The summed E-state index contributed by atoms with van der Waals surface area (Å²) in [6, 6.07) is 0.712. The van der Waals surface area contributed by atoms with E-state index in [1.54, 1.807) is 0 Å². The van der Waals surface area contributed by atoms with Gasteiger partial charge in [-0.25, -0.2) is 0 Å². The van der Waals surface area contributed by atoms with Gasteiger partial charge in [0.25, 0.3) is 0 Å². The van der Waals surface area contributed by atoms with Gasteiger partial charge in [-0.2, -0.15) is 0 Å². The lowest BCUT2D eigenvalue weighted by Crippen LogP contribution is -2.42. The molecule has 0 aliphatic heterocycles. The highest BCUT2D eigenvalue weighted by molar-refractivity contribution is 4.81. The molecule has 0 saturated heterocycles. The second-order valence-corrected chi connectivity index (χ2v) is 3.84. The van der Waals surface area contributed by atoms with E-state index in [0.717, 1.165) is 19.0 Å². The summed E-state index contributed by atoms with van der Waals surface area (Å²) in [4.78, 5) is 0. The Kier molecular flexibility index (Phi) is 4.62. The number of hydrogen-bond acceptors (Lipinski definition) is 2. The van der Waals surface area contributed by atoms with Gasteiger partial charge in [-0.15, -0.1) is 0 Å². The number of nitrogens with two attached hydrogens (primary N) is 1. The fraction of sp³-hybridized carbons (Fsp3) is 1.00. The van der Waals surface area contributed by atoms with Gasteiger partial charge in [-0.3, -0.25) is 0 Å². The molecule has 2 unspecified atom stereocenters. The van der Waals surface area contributed by atoms with Crippen LogP contribution in [-0.4, -0.2) is 19.1 Å². The lowest BCUT2D eigenvalue weighted by atomic mass is 9.84. The Labute approximate surface area is 75.9 Å². The summed E-state index contributed by atoms with van der Waals surface area (Å²) >= 11 is 0. The van der Waals surface area contributed by atoms with E-state index >= 15 is 0 Å². The Hall–Kier alpha value is -0.0800. The van der Waals surface area contributed by atoms with Crippen molar-refractivity contribution >= 4 is 0 Å². The molecule has 0 aromatic rings. The Bertz CT molecular complexity index is 114. The summed E-state index contributed by atoms with van der Waals surface area (Å²) in [7, 11) is 0. The Balaban J connectivity index is 2.26. The molecule has 1 saturated carbocycles. The first-order valence-corrected chi connectivity index (χ1v) is 5.32. The maximum atomic E-state index is 5.73. The van der Waals surface area contributed by atoms with Crippen LogP contribution < -0.4 is 11.1 Å². The molecule has 12 heavy (non-hydrogen) atoms. The highest BCUT2D eigenvalue weighted by Gasteiger charge is 2.22. The minimum Gasteiger partial charge on any atom is -0.330 e. The molecular weight excluding hydrogens is 148 g/mol. The Morgan fingerprint density at radius 2 is 2.08 bits per heavy atom. The predicted molar refractivity (Wildman–Crippen MR) is 53.1 cm³/mol. The van der Waals surface area contributed by atoms with Crippen molar-refractivity contribution in [1.29, 1.82) is 0 Å². The van der Waals surface area contributed by atoms with Crippen LogP contribution in [0.3, 0.4) is 0 Å². The van der Waals surface area contributed by atoms with Crippen molar-refractivity contribution in [2.45, 2.75) is 45.1 Å². The molecule has 2 atom stereocenters. The summed E-state index contributed by atoms with van der Waals surface area (Å²) in [5.41, 5.74) is 5.73. The first kappa shape index (κ1) is 10.0. The third-order valence-corrected chi connectivity index (χ3v) is 2.87. The van der Waals surface area contributed by atoms with Gasteiger partial charge in [0, 0.05) is 6.04 Å². The third-order valence-electron chi connectivity index (χ3n) is 2.87. The molecule has 1 rings (SSSR count). The topological polar surface area (TPSA) is 38.0 Å². The summed E-state index contributed by atoms with van der Waals surface area (Å²) in [6.45, 7) is 4.23. The Morgan fingerprint density at radius 3 is 2.75 bits per heavy atom. The average molecular weight is 170 g/mol. The van der Waals surface area contributed by atoms with Crippen LogP contribution in [0.5, 0.6) is 0 Å². The molecule has 2 nitrogen and oxygen atoms in total. The van der Waals surface area contributed by atoms with E-state index in [-0.39, 0.29) is 0 Å². The molecule has 1 fully saturated rings. The van der Waals surface area contributed by atoms with Gasteiger partial charge < -0.3 is 11.1 Å². The summed E-state index contributed by atoms with van der Waals surface area (Å²) in [5.74, 6) is 0.741. The van der Waals surface area contributed by atoms with E-state index in [1.165, 1.54) is 32.1 Å². The molecule has 1 aliphatic carbocycles. The van der Waals surface area contributed by atoms with Gasteiger partial charge in [0.15, 0.2) is 0 Å². The lowest BCUT2D eigenvalue weighted by molar-refractivity contribution is 0.269. The van der Waals surface area contributed by atoms with Gasteiger partial charge in [0.2, 0.25) is 0 Å². The van der Waals surface area contributed by atoms with Crippen LogP contribution in [0, 0.1) is 5.92 Å². The molecule has 72 valence electrons. The highest BCUT2D eigenvalue weighted by Crippen LogP contribution is 2.23. The van der Waals surface area contributed by atoms with Crippen LogP contribution in [0.1, 0.15) is 39.0 Å². The molecule has 0 heterocycles. The van der Waals surface area contributed by atoms with Gasteiger partial charge in [-0.1, -0.05) is 19.8 Å². The van der Waals surface area contributed by atoms with Gasteiger partial charge in [-0.05, 0) is 38.3 Å². The van der Waals surface area contributed by atoms with E-state index in [4.69, 9.17) is 5.73 Å². The van der Waals surface area contributed by atoms with Crippen LogP contribution in [0.15, 0.2) is 0 Å². The first-order valence-electron chi connectivity index (χ1n) is 5.32. The number of nitrogens with one attached hydrogen (secondary N) is 1. The van der Waals surface area contributed by atoms with Gasteiger partial charge in [0.05, 0.1) is 0 Å². The molecule has 0 aromatic heterocycles. The molecule has 0 spiro atoms. The summed E-state index contributed by atoms with van der Waals surface area (Å²) in [6.07, 6.45) is 6.66. The minimum absolute atomic E-state index is 0.712. The van der Waals surface area contributed by atoms with Crippen molar-refractivity contribution in [3.8, 4) is 0 Å². The number of hydrogen-bond donors (Lipinski definition) is 2. The zero-order valence-electron chi connectivity index (χ0n) is 8.18. The average Bonchev–Trinajstić information content (AvgIpc) is 2.15. The second kappa shape index (κ2) is 5.55. The van der Waals surface area contributed by atoms with Crippen molar-refractivity contribution in [1.82, 2.24) is 5.32 Å². The summed E-state index contributed by atoms with van der Waals surface area (Å²) in [5, 5.41) is 3.59. The molecule has 0 amide bonds. The van der Waals surface area contributed by atoms with E-state index in [2.05, 4.69) is 12.2 Å². The zero-order chi connectivity index (χ0) is 8.81. The summed E-state index contributed by atoms with van der Waals surface area (Å²) < 4.78 is 0. The van der Waals surface area contributed by atoms with E-state index in [0.29, 0.717) is 6.04 Å². The third kappa shape index (κ3) is 2.76. The number of rotatable bonds is 4. The molecule has 0 bridgehead atoms. The largest absolute Gasteiger partial charge is 0.330 e. The van der Waals surface area contributed by atoms with E-state index in [1.807, 2.05) is 0 Å². The van der Waals surface area contributed by atoms with E-state index < -0.39 is 0 Å². The lowest BCUT2D eigenvalue weighted by Gasteiger charge is -2.31. The van der Waals surface area contributed by atoms with E-state index in [9.17, 15) is 0 Å². The van der Waals surface area contributed by atoms with Gasteiger partial charge >= 0.3 is 0 Å². The van der Waals surface area contributed by atoms with Crippen molar-refractivity contribution in [2.75, 3.05) is 13.1 Å². The molecule has 2 heteroatoms. The second-order valence-electron chi connectivity index (χ2n) is 3.84.